The van der Waals surface area contributed by atoms with Crippen molar-refractivity contribution in [2.75, 3.05) is 24.4 Å². The summed E-state index contributed by atoms with van der Waals surface area (Å²) in [6, 6.07) is 18.6. The van der Waals surface area contributed by atoms with Crippen LogP contribution >= 0.6 is 11.6 Å². The van der Waals surface area contributed by atoms with Crippen molar-refractivity contribution in [3.05, 3.63) is 77.3 Å². The van der Waals surface area contributed by atoms with Gasteiger partial charge in [-0.25, -0.2) is 0 Å². The van der Waals surface area contributed by atoms with Gasteiger partial charge < -0.3 is 24.8 Å². The smallest absolute Gasteiger partial charge is 0.265 e. The first-order chi connectivity index (χ1) is 15.9. The Morgan fingerprint density at radius 1 is 0.909 bits per heavy atom. The number of amides is 2. The van der Waals surface area contributed by atoms with Crippen LogP contribution in [0.25, 0.3) is 0 Å². The van der Waals surface area contributed by atoms with Crippen LogP contribution in [0.1, 0.15) is 24.2 Å². The highest BCUT2D eigenvalue weighted by atomic mass is 35.5. The van der Waals surface area contributed by atoms with E-state index in [0.29, 0.717) is 40.1 Å². The minimum atomic E-state index is -0.738. The molecule has 2 N–H and O–H groups in total. The third kappa shape index (κ3) is 6.63. The van der Waals surface area contributed by atoms with E-state index in [-0.39, 0.29) is 11.8 Å². The van der Waals surface area contributed by atoms with Gasteiger partial charge in [-0.2, -0.15) is 0 Å². The summed E-state index contributed by atoms with van der Waals surface area (Å²) in [5.41, 5.74) is 1.62. The van der Waals surface area contributed by atoms with Crippen molar-refractivity contribution in [1.29, 1.82) is 0 Å². The minimum Gasteiger partial charge on any atom is -0.495 e. The van der Waals surface area contributed by atoms with Crippen LogP contribution in [0.2, 0.25) is 5.02 Å². The Balaban J connectivity index is 1.55. The number of benzene rings is 3. The van der Waals surface area contributed by atoms with Crippen molar-refractivity contribution >= 4 is 34.8 Å². The van der Waals surface area contributed by atoms with Gasteiger partial charge in [-0.15, -0.1) is 0 Å². The first kappa shape index (κ1) is 23.9. The van der Waals surface area contributed by atoms with Gasteiger partial charge in [-0.3, -0.25) is 9.59 Å². The lowest BCUT2D eigenvalue weighted by molar-refractivity contribution is -0.122. The molecule has 0 radical (unpaired) electrons. The number of carbonyl (C=O) groups is 2. The number of hydrogen-bond donors (Lipinski definition) is 2. The zero-order valence-electron chi connectivity index (χ0n) is 18.6. The Morgan fingerprint density at radius 2 is 1.55 bits per heavy atom. The highest BCUT2D eigenvalue weighted by Gasteiger charge is 2.16. The SMILES string of the molecule is CCOc1ccc(NC(=O)C(C)Oc2ccc(C(=O)Nc3ccc(OC)c(Cl)c3)cc2)cc1. The maximum absolute atomic E-state index is 12.5. The van der Waals surface area contributed by atoms with Crippen LogP contribution in [0.3, 0.4) is 0 Å². The molecule has 3 rings (SSSR count). The predicted octanol–water partition coefficient (Wildman–Crippen LogP) is 5.41. The second kappa shape index (κ2) is 11.2. The Kier molecular flexibility index (Phi) is 8.16. The molecule has 0 spiro atoms. The molecular weight excluding hydrogens is 444 g/mol. The zero-order valence-corrected chi connectivity index (χ0v) is 19.3. The van der Waals surface area contributed by atoms with Crippen LogP contribution < -0.4 is 24.8 Å². The molecule has 0 saturated carbocycles. The van der Waals surface area contributed by atoms with Crippen molar-refractivity contribution in [2.45, 2.75) is 20.0 Å². The minimum absolute atomic E-state index is 0.294. The van der Waals surface area contributed by atoms with E-state index in [1.54, 1.807) is 73.7 Å². The summed E-state index contributed by atoms with van der Waals surface area (Å²) >= 11 is 6.09. The van der Waals surface area contributed by atoms with Crippen LogP contribution in [0.5, 0.6) is 17.2 Å². The lowest BCUT2D eigenvalue weighted by atomic mass is 10.2. The first-order valence-electron chi connectivity index (χ1n) is 10.3. The van der Waals surface area contributed by atoms with Crippen molar-refractivity contribution in [3.63, 3.8) is 0 Å². The maximum atomic E-state index is 12.5. The zero-order chi connectivity index (χ0) is 23.8. The highest BCUT2D eigenvalue weighted by Crippen LogP contribution is 2.27. The number of methoxy groups -OCH3 is 1. The summed E-state index contributed by atoms with van der Waals surface area (Å²) < 4.78 is 16.2. The Morgan fingerprint density at radius 3 is 2.15 bits per heavy atom. The summed E-state index contributed by atoms with van der Waals surface area (Å²) in [6.45, 7) is 4.13. The average Bonchev–Trinajstić information content (AvgIpc) is 2.81. The maximum Gasteiger partial charge on any atom is 0.265 e. The topological polar surface area (TPSA) is 85.9 Å². The number of ether oxygens (including phenoxy) is 3. The number of carbonyl (C=O) groups excluding carboxylic acids is 2. The molecule has 3 aromatic rings. The van der Waals surface area contributed by atoms with Crippen molar-refractivity contribution < 1.29 is 23.8 Å². The molecule has 7 nitrogen and oxygen atoms in total. The van der Waals surface area contributed by atoms with Crippen LogP contribution in [-0.2, 0) is 4.79 Å². The van der Waals surface area contributed by atoms with Gasteiger partial charge in [0.05, 0.1) is 18.7 Å². The molecule has 0 aliphatic rings. The van der Waals surface area contributed by atoms with Gasteiger partial charge in [0.2, 0.25) is 0 Å². The van der Waals surface area contributed by atoms with E-state index in [9.17, 15) is 9.59 Å². The molecule has 0 aliphatic heterocycles. The van der Waals surface area contributed by atoms with Crippen LogP contribution in [0, 0.1) is 0 Å². The number of rotatable bonds is 9. The largest absolute Gasteiger partial charge is 0.495 e. The Hall–Kier alpha value is -3.71. The van der Waals surface area contributed by atoms with Gasteiger partial charge in [0, 0.05) is 16.9 Å². The van der Waals surface area contributed by atoms with Crippen molar-refractivity contribution in [1.82, 2.24) is 0 Å². The third-order valence-corrected chi connectivity index (χ3v) is 4.94. The third-order valence-electron chi connectivity index (χ3n) is 4.64. The molecule has 2 amide bonds. The van der Waals surface area contributed by atoms with E-state index in [1.165, 1.54) is 7.11 Å². The number of hydrogen-bond acceptors (Lipinski definition) is 5. The Bertz CT molecular complexity index is 1100. The van der Waals surface area contributed by atoms with Crippen molar-refractivity contribution in [2.24, 2.45) is 0 Å². The quantitative estimate of drug-likeness (QED) is 0.438. The second-order valence-corrected chi connectivity index (χ2v) is 7.44. The van der Waals surface area contributed by atoms with Gasteiger partial charge in [0.25, 0.3) is 11.8 Å². The summed E-state index contributed by atoms with van der Waals surface area (Å²) in [6.07, 6.45) is -0.738. The normalized spacial score (nSPS) is 11.3. The molecule has 1 unspecified atom stereocenters. The molecule has 0 bridgehead atoms. The lowest BCUT2D eigenvalue weighted by Gasteiger charge is -2.15. The summed E-state index contributed by atoms with van der Waals surface area (Å²) in [4.78, 5) is 24.9. The lowest BCUT2D eigenvalue weighted by Crippen LogP contribution is -2.30. The van der Waals surface area contributed by atoms with Gasteiger partial charge in [0.15, 0.2) is 6.10 Å². The molecule has 172 valence electrons. The fourth-order valence-corrected chi connectivity index (χ4v) is 3.19. The van der Waals surface area contributed by atoms with Crippen LogP contribution in [0.15, 0.2) is 66.7 Å². The second-order valence-electron chi connectivity index (χ2n) is 7.03. The van der Waals surface area contributed by atoms with Crippen LogP contribution in [0.4, 0.5) is 11.4 Å². The summed E-state index contributed by atoms with van der Waals surface area (Å²) in [5.74, 6) is 1.13. The van der Waals surface area contributed by atoms with Gasteiger partial charge in [0.1, 0.15) is 17.2 Å². The molecule has 0 aliphatic carbocycles. The first-order valence-corrected chi connectivity index (χ1v) is 10.7. The summed E-state index contributed by atoms with van der Waals surface area (Å²) in [7, 11) is 1.52. The predicted molar refractivity (Wildman–Crippen MR) is 129 cm³/mol. The number of nitrogens with one attached hydrogen (secondary N) is 2. The van der Waals surface area contributed by atoms with Crippen LogP contribution in [-0.4, -0.2) is 31.6 Å². The molecule has 3 aromatic carbocycles. The average molecular weight is 469 g/mol. The van der Waals surface area contributed by atoms with Crippen molar-refractivity contribution in [3.8, 4) is 17.2 Å². The molecule has 33 heavy (non-hydrogen) atoms. The molecule has 0 fully saturated rings. The monoisotopic (exact) mass is 468 g/mol. The summed E-state index contributed by atoms with van der Waals surface area (Å²) in [5, 5.41) is 5.97. The standard InChI is InChI=1S/C25H25ClN2O5/c1-4-32-20-12-7-18(8-13-20)27-24(29)16(2)33-21-10-5-17(6-11-21)25(30)28-19-9-14-23(31-3)22(26)15-19/h5-16H,4H2,1-3H3,(H,27,29)(H,28,30). The highest BCUT2D eigenvalue weighted by molar-refractivity contribution is 6.32. The van der Waals surface area contributed by atoms with E-state index >= 15 is 0 Å². The molecule has 8 heteroatoms. The van der Waals surface area contributed by atoms with E-state index in [1.807, 2.05) is 6.92 Å². The molecule has 1 atom stereocenters. The number of anilines is 2. The molecule has 0 aromatic heterocycles. The van der Waals surface area contributed by atoms with E-state index in [0.717, 1.165) is 5.75 Å². The fourth-order valence-electron chi connectivity index (χ4n) is 2.93. The molecule has 0 saturated heterocycles. The molecular formula is C25H25ClN2O5. The van der Waals surface area contributed by atoms with Gasteiger partial charge in [-0.05, 0) is 80.6 Å². The van der Waals surface area contributed by atoms with Gasteiger partial charge in [-0.1, -0.05) is 11.6 Å². The Labute approximate surface area is 197 Å². The van der Waals surface area contributed by atoms with E-state index in [2.05, 4.69) is 10.6 Å². The van der Waals surface area contributed by atoms with E-state index in [4.69, 9.17) is 25.8 Å². The fraction of sp³-hybridized carbons (Fsp3) is 0.200. The van der Waals surface area contributed by atoms with Gasteiger partial charge >= 0.3 is 0 Å². The molecule has 0 heterocycles. The number of halogens is 1. The van der Waals surface area contributed by atoms with E-state index < -0.39 is 6.10 Å².